The fourth-order valence-electron chi connectivity index (χ4n) is 1.55. The van der Waals surface area contributed by atoms with Gasteiger partial charge in [-0.15, -0.1) is 0 Å². The summed E-state index contributed by atoms with van der Waals surface area (Å²) in [5.74, 6) is -0.397. The molecule has 0 aliphatic carbocycles. The quantitative estimate of drug-likeness (QED) is 0.628. The molecule has 0 spiro atoms. The van der Waals surface area contributed by atoms with Crippen LogP contribution in [0.3, 0.4) is 0 Å². The number of aromatic nitrogens is 1. The van der Waals surface area contributed by atoms with Crippen molar-refractivity contribution in [3.05, 3.63) is 64.4 Å². The van der Waals surface area contributed by atoms with Crippen molar-refractivity contribution in [3.8, 4) is 0 Å². The van der Waals surface area contributed by atoms with E-state index in [0.717, 1.165) is 5.56 Å². The number of pyridine rings is 1. The first-order valence-electron chi connectivity index (χ1n) is 5.50. The second kappa shape index (κ2) is 5.65. The van der Waals surface area contributed by atoms with E-state index < -0.39 is 5.97 Å². The summed E-state index contributed by atoms with van der Waals surface area (Å²) in [6, 6.07) is 12.7. The van der Waals surface area contributed by atoms with Crippen LogP contribution in [0.4, 0.5) is 0 Å². The average molecular weight is 262 g/mol. The van der Waals surface area contributed by atoms with Gasteiger partial charge >= 0.3 is 5.97 Å². The number of hydrogen-bond acceptors (Lipinski definition) is 3. The number of ether oxygens (including phenoxy) is 1. The van der Waals surface area contributed by atoms with Crippen molar-refractivity contribution in [2.45, 2.75) is 13.5 Å². The minimum absolute atomic E-state index is 0.249. The van der Waals surface area contributed by atoms with E-state index >= 15 is 0 Å². The van der Waals surface area contributed by atoms with Crippen molar-refractivity contribution in [1.29, 1.82) is 0 Å². The Morgan fingerprint density at radius 1 is 1.28 bits per heavy atom. The summed E-state index contributed by atoms with van der Waals surface area (Å²) in [6.07, 6.45) is 0. The SMILES string of the molecule is Cc1cc(C(=O)OCc2ccccc2)cc(Cl)n1. The van der Waals surface area contributed by atoms with Gasteiger partial charge in [-0.3, -0.25) is 0 Å². The smallest absolute Gasteiger partial charge is 0.338 e. The van der Waals surface area contributed by atoms with E-state index in [1.807, 2.05) is 30.3 Å². The van der Waals surface area contributed by atoms with E-state index in [4.69, 9.17) is 16.3 Å². The van der Waals surface area contributed by atoms with Crippen LogP contribution in [0.15, 0.2) is 42.5 Å². The van der Waals surface area contributed by atoms with Gasteiger partial charge in [-0.25, -0.2) is 9.78 Å². The number of benzene rings is 1. The Hall–Kier alpha value is -1.87. The standard InChI is InChI=1S/C14H12ClNO2/c1-10-7-12(8-13(15)16-10)14(17)18-9-11-5-3-2-4-6-11/h2-8H,9H2,1H3. The minimum atomic E-state index is -0.397. The summed E-state index contributed by atoms with van der Waals surface area (Å²) in [7, 11) is 0. The van der Waals surface area contributed by atoms with E-state index in [2.05, 4.69) is 4.98 Å². The first-order chi connectivity index (χ1) is 8.65. The highest BCUT2D eigenvalue weighted by Crippen LogP contribution is 2.12. The minimum Gasteiger partial charge on any atom is -0.457 e. The highest BCUT2D eigenvalue weighted by Gasteiger charge is 2.09. The molecule has 2 aromatic rings. The normalized spacial score (nSPS) is 10.1. The number of carbonyl (C=O) groups is 1. The van der Waals surface area contributed by atoms with Crippen LogP contribution in [0.1, 0.15) is 21.6 Å². The molecule has 0 unspecified atom stereocenters. The van der Waals surface area contributed by atoms with E-state index in [0.29, 0.717) is 16.4 Å². The van der Waals surface area contributed by atoms with Crippen molar-refractivity contribution < 1.29 is 9.53 Å². The van der Waals surface area contributed by atoms with Gasteiger partial charge in [-0.2, -0.15) is 0 Å². The van der Waals surface area contributed by atoms with Gasteiger partial charge in [0.15, 0.2) is 0 Å². The van der Waals surface area contributed by atoms with Crippen molar-refractivity contribution in [2.75, 3.05) is 0 Å². The monoisotopic (exact) mass is 261 g/mol. The predicted molar refractivity (Wildman–Crippen MR) is 69.5 cm³/mol. The third-order valence-electron chi connectivity index (χ3n) is 2.37. The third-order valence-corrected chi connectivity index (χ3v) is 2.56. The highest BCUT2D eigenvalue weighted by atomic mass is 35.5. The summed E-state index contributed by atoms with van der Waals surface area (Å²) in [6.45, 7) is 2.03. The summed E-state index contributed by atoms with van der Waals surface area (Å²) in [5, 5.41) is 0.293. The van der Waals surface area contributed by atoms with Gasteiger partial charge in [0.2, 0.25) is 0 Å². The van der Waals surface area contributed by atoms with E-state index in [1.54, 1.807) is 13.0 Å². The molecule has 92 valence electrons. The van der Waals surface area contributed by atoms with Crippen molar-refractivity contribution in [3.63, 3.8) is 0 Å². The Bertz CT molecular complexity index is 535. The lowest BCUT2D eigenvalue weighted by atomic mass is 10.2. The maximum atomic E-state index is 11.8. The van der Waals surface area contributed by atoms with Crippen LogP contribution in [0.2, 0.25) is 5.15 Å². The van der Waals surface area contributed by atoms with Gasteiger partial charge in [0, 0.05) is 5.69 Å². The van der Waals surface area contributed by atoms with Crippen molar-refractivity contribution in [2.24, 2.45) is 0 Å². The molecule has 2 rings (SSSR count). The Kier molecular flexibility index (Phi) is 3.95. The van der Waals surface area contributed by atoms with Gasteiger partial charge in [0.1, 0.15) is 11.8 Å². The Labute approximate surface area is 110 Å². The van der Waals surface area contributed by atoms with E-state index in [1.165, 1.54) is 6.07 Å². The van der Waals surface area contributed by atoms with Crippen molar-refractivity contribution >= 4 is 17.6 Å². The number of hydrogen-bond donors (Lipinski definition) is 0. The Morgan fingerprint density at radius 3 is 2.67 bits per heavy atom. The fraction of sp³-hybridized carbons (Fsp3) is 0.143. The second-order valence-corrected chi connectivity index (χ2v) is 4.27. The van der Waals surface area contributed by atoms with Crippen LogP contribution in [-0.2, 0) is 11.3 Å². The lowest BCUT2D eigenvalue weighted by Crippen LogP contribution is -2.06. The molecule has 0 N–H and O–H groups in total. The molecule has 0 saturated heterocycles. The fourth-order valence-corrected chi connectivity index (χ4v) is 1.80. The number of halogens is 1. The van der Waals surface area contributed by atoms with Gasteiger partial charge in [0.05, 0.1) is 5.56 Å². The second-order valence-electron chi connectivity index (χ2n) is 3.88. The molecule has 1 aromatic carbocycles. The maximum absolute atomic E-state index is 11.8. The predicted octanol–water partition coefficient (Wildman–Crippen LogP) is 3.40. The van der Waals surface area contributed by atoms with Gasteiger partial charge in [-0.05, 0) is 24.6 Å². The molecule has 4 heteroatoms. The average Bonchev–Trinajstić information content (AvgIpc) is 2.36. The number of esters is 1. The summed E-state index contributed by atoms with van der Waals surface area (Å²) < 4.78 is 5.20. The molecule has 0 saturated carbocycles. The Balaban J connectivity index is 2.04. The lowest BCUT2D eigenvalue weighted by Gasteiger charge is -2.05. The zero-order chi connectivity index (χ0) is 13.0. The van der Waals surface area contributed by atoms with E-state index in [9.17, 15) is 4.79 Å². The molecule has 0 atom stereocenters. The van der Waals surface area contributed by atoms with E-state index in [-0.39, 0.29) is 6.61 Å². The number of carbonyl (C=O) groups excluding carboxylic acids is 1. The topological polar surface area (TPSA) is 39.2 Å². The molecule has 0 aliphatic heterocycles. The third kappa shape index (κ3) is 3.31. The zero-order valence-electron chi connectivity index (χ0n) is 9.89. The van der Waals surface area contributed by atoms with Crippen LogP contribution >= 0.6 is 11.6 Å². The Morgan fingerprint density at radius 2 is 2.00 bits per heavy atom. The largest absolute Gasteiger partial charge is 0.457 e. The molecule has 0 amide bonds. The first-order valence-corrected chi connectivity index (χ1v) is 5.88. The van der Waals surface area contributed by atoms with Crippen LogP contribution in [-0.4, -0.2) is 11.0 Å². The molecule has 0 aliphatic rings. The molecule has 3 nitrogen and oxygen atoms in total. The molecular formula is C14H12ClNO2. The molecule has 18 heavy (non-hydrogen) atoms. The number of rotatable bonds is 3. The van der Waals surface area contributed by atoms with Gasteiger partial charge in [0.25, 0.3) is 0 Å². The zero-order valence-corrected chi connectivity index (χ0v) is 10.6. The number of aryl methyl sites for hydroxylation is 1. The van der Waals surface area contributed by atoms with Crippen LogP contribution < -0.4 is 0 Å². The number of nitrogens with zero attached hydrogens (tertiary/aromatic N) is 1. The van der Waals surface area contributed by atoms with Crippen LogP contribution in [0, 0.1) is 6.92 Å². The van der Waals surface area contributed by atoms with Crippen molar-refractivity contribution in [1.82, 2.24) is 4.98 Å². The molecule has 1 heterocycles. The molecule has 0 fully saturated rings. The summed E-state index contributed by atoms with van der Waals surface area (Å²) in [4.78, 5) is 15.8. The summed E-state index contributed by atoms with van der Waals surface area (Å²) >= 11 is 5.79. The highest BCUT2D eigenvalue weighted by molar-refractivity contribution is 6.29. The molecule has 0 bridgehead atoms. The molecule has 0 radical (unpaired) electrons. The van der Waals surface area contributed by atoms with Crippen LogP contribution in [0.25, 0.3) is 0 Å². The summed E-state index contributed by atoms with van der Waals surface area (Å²) in [5.41, 5.74) is 2.06. The van der Waals surface area contributed by atoms with Gasteiger partial charge in [-0.1, -0.05) is 41.9 Å². The molecule has 1 aromatic heterocycles. The molecular weight excluding hydrogens is 250 g/mol. The van der Waals surface area contributed by atoms with Gasteiger partial charge < -0.3 is 4.74 Å². The van der Waals surface area contributed by atoms with Crippen LogP contribution in [0.5, 0.6) is 0 Å². The maximum Gasteiger partial charge on any atom is 0.338 e. The first kappa shape index (κ1) is 12.6. The lowest BCUT2D eigenvalue weighted by molar-refractivity contribution is 0.0472.